The van der Waals surface area contributed by atoms with Gasteiger partial charge in [0.1, 0.15) is 12.3 Å². The molecule has 1 amide bonds. The van der Waals surface area contributed by atoms with E-state index in [2.05, 4.69) is 15.7 Å². The Labute approximate surface area is 213 Å². The van der Waals surface area contributed by atoms with Crippen LogP contribution in [-0.2, 0) is 20.8 Å². The molecule has 0 bridgehead atoms. The van der Waals surface area contributed by atoms with E-state index >= 15 is 0 Å². The number of esters is 2. The van der Waals surface area contributed by atoms with Crippen LogP contribution in [0.25, 0.3) is 5.70 Å². The minimum Gasteiger partial charge on any atom is -0.497 e. The van der Waals surface area contributed by atoms with Crippen molar-refractivity contribution in [2.45, 2.75) is 26.4 Å². The average molecular weight is 506 g/mol. The van der Waals surface area contributed by atoms with Crippen LogP contribution < -0.4 is 10.2 Å². The summed E-state index contributed by atoms with van der Waals surface area (Å²) in [5.41, 5.74) is 5.10. The first kappa shape index (κ1) is 25.4. The van der Waals surface area contributed by atoms with Crippen molar-refractivity contribution in [3.05, 3.63) is 83.2 Å². The van der Waals surface area contributed by atoms with Crippen LogP contribution in [0.4, 0.5) is 0 Å². The zero-order valence-corrected chi connectivity index (χ0v) is 20.7. The molecular weight excluding hydrogens is 478 g/mol. The second-order valence-corrected chi connectivity index (χ2v) is 7.93. The SMILES string of the molecule is CCOC(=O)c1nnn(CC(=O)N2NC(c3ccccc3)=CC2c2ccc(OC)cc2)c1C(=O)OCC. The molecule has 1 aliphatic rings. The lowest BCUT2D eigenvalue weighted by molar-refractivity contribution is -0.135. The Morgan fingerprint density at radius 1 is 0.946 bits per heavy atom. The fourth-order valence-corrected chi connectivity index (χ4v) is 3.88. The third kappa shape index (κ3) is 5.45. The molecule has 4 rings (SSSR count). The first-order valence-corrected chi connectivity index (χ1v) is 11.7. The number of carbonyl (C=O) groups is 3. The number of ether oxygens (including phenoxy) is 3. The molecule has 1 N–H and O–H groups in total. The number of hydrogen-bond acceptors (Lipinski definition) is 9. The van der Waals surface area contributed by atoms with Crippen LogP contribution in [0.5, 0.6) is 5.75 Å². The molecule has 0 aliphatic carbocycles. The summed E-state index contributed by atoms with van der Waals surface area (Å²) in [7, 11) is 1.58. The number of hydrazine groups is 1. The second-order valence-electron chi connectivity index (χ2n) is 7.93. The minimum absolute atomic E-state index is 0.0673. The molecule has 2 aromatic carbocycles. The van der Waals surface area contributed by atoms with E-state index in [0.717, 1.165) is 21.5 Å². The van der Waals surface area contributed by atoms with Gasteiger partial charge in [0, 0.05) is 0 Å². The molecule has 1 aromatic heterocycles. The monoisotopic (exact) mass is 505 g/mol. The standard InChI is InChI=1S/C26H27N5O6/c1-4-36-25(33)23-24(26(34)37-5-2)30(29-27-23)16-22(32)31-21(18-11-13-19(35-3)14-12-18)15-20(28-31)17-9-7-6-8-10-17/h6-15,21,28H,4-5,16H2,1-3H3. The fraction of sp³-hybridized carbons (Fsp3) is 0.269. The van der Waals surface area contributed by atoms with Gasteiger partial charge in [-0.2, -0.15) is 0 Å². The molecule has 37 heavy (non-hydrogen) atoms. The number of nitrogens with one attached hydrogen (secondary N) is 1. The lowest BCUT2D eigenvalue weighted by Crippen LogP contribution is -2.42. The van der Waals surface area contributed by atoms with Crippen molar-refractivity contribution in [2.24, 2.45) is 0 Å². The molecule has 192 valence electrons. The summed E-state index contributed by atoms with van der Waals surface area (Å²) in [6.45, 7) is 3.03. The van der Waals surface area contributed by atoms with Crippen molar-refractivity contribution in [3.8, 4) is 5.75 Å². The van der Waals surface area contributed by atoms with Gasteiger partial charge in [-0.15, -0.1) is 5.10 Å². The number of aromatic nitrogens is 3. The van der Waals surface area contributed by atoms with Crippen LogP contribution in [0, 0.1) is 0 Å². The summed E-state index contributed by atoms with van der Waals surface area (Å²) < 4.78 is 16.4. The highest BCUT2D eigenvalue weighted by Crippen LogP contribution is 2.32. The Balaban J connectivity index is 1.66. The molecular formula is C26H27N5O6. The zero-order chi connectivity index (χ0) is 26.4. The van der Waals surface area contributed by atoms with Crippen LogP contribution in [-0.4, -0.2) is 58.2 Å². The molecule has 1 atom stereocenters. The van der Waals surface area contributed by atoms with E-state index in [1.165, 1.54) is 5.01 Å². The van der Waals surface area contributed by atoms with E-state index in [-0.39, 0.29) is 31.1 Å². The van der Waals surface area contributed by atoms with Crippen LogP contribution in [0.1, 0.15) is 52.0 Å². The second kappa shape index (κ2) is 11.4. The summed E-state index contributed by atoms with van der Waals surface area (Å²) in [6.07, 6.45) is 1.94. The van der Waals surface area contributed by atoms with Gasteiger partial charge in [0.05, 0.1) is 32.1 Å². The average Bonchev–Trinajstić information content (AvgIpc) is 3.55. The van der Waals surface area contributed by atoms with E-state index in [0.29, 0.717) is 5.75 Å². The Morgan fingerprint density at radius 2 is 1.62 bits per heavy atom. The summed E-state index contributed by atoms with van der Waals surface area (Å²) in [6, 6.07) is 16.5. The van der Waals surface area contributed by atoms with Gasteiger partial charge in [-0.3, -0.25) is 10.2 Å². The van der Waals surface area contributed by atoms with Crippen molar-refractivity contribution in [1.82, 2.24) is 25.4 Å². The van der Waals surface area contributed by atoms with Crippen molar-refractivity contribution in [3.63, 3.8) is 0 Å². The predicted octanol–water partition coefficient (Wildman–Crippen LogP) is 2.77. The lowest BCUT2D eigenvalue weighted by atomic mass is 10.0. The molecule has 3 aromatic rings. The molecule has 2 heterocycles. The fourth-order valence-electron chi connectivity index (χ4n) is 3.88. The topological polar surface area (TPSA) is 125 Å². The molecule has 11 nitrogen and oxygen atoms in total. The van der Waals surface area contributed by atoms with Crippen molar-refractivity contribution >= 4 is 23.5 Å². The maximum absolute atomic E-state index is 13.6. The molecule has 1 unspecified atom stereocenters. The highest BCUT2D eigenvalue weighted by Gasteiger charge is 2.34. The largest absolute Gasteiger partial charge is 0.497 e. The minimum atomic E-state index is -0.826. The molecule has 0 radical (unpaired) electrons. The van der Waals surface area contributed by atoms with E-state index in [4.69, 9.17) is 14.2 Å². The first-order chi connectivity index (χ1) is 18.0. The molecule has 0 spiro atoms. The quantitative estimate of drug-likeness (QED) is 0.437. The molecule has 0 saturated heterocycles. The van der Waals surface area contributed by atoms with Gasteiger partial charge >= 0.3 is 11.9 Å². The number of methoxy groups -OCH3 is 1. The van der Waals surface area contributed by atoms with Gasteiger partial charge in [-0.1, -0.05) is 47.7 Å². The molecule has 1 aliphatic heterocycles. The molecule has 11 heteroatoms. The number of hydrogen-bond donors (Lipinski definition) is 1. The van der Waals surface area contributed by atoms with Gasteiger partial charge < -0.3 is 14.2 Å². The molecule has 0 saturated carbocycles. The number of nitrogens with zero attached hydrogens (tertiary/aromatic N) is 4. The summed E-state index contributed by atoms with van der Waals surface area (Å²) in [5.74, 6) is -1.39. The van der Waals surface area contributed by atoms with Crippen LogP contribution in [0.2, 0.25) is 0 Å². The zero-order valence-electron chi connectivity index (χ0n) is 20.7. The highest BCUT2D eigenvalue weighted by molar-refractivity contribution is 6.00. The van der Waals surface area contributed by atoms with Crippen LogP contribution in [0.3, 0.4) is 0 Å². The Kier molecular flexibility index (Phi) is 7.82. The van der Waals surface area contributed by atoms with Gasteiger partial charge in [-0.25, -0.2) is 19.3 Å². The summed E-state index contributed by atoms with van der Waals surface area (Å²) in [4.78, 5) is 38.6. The van der Waals surface area contributed by atoms with Crippen LogP contribution in [0.15, 0.2) is 60.7 Å². The van der Waals surface area contributed by atoms with E-state index in [9.17, 15) is 14.4 Å². The normalized spacial score (nSPS) is 14.5. The van der Waals surface area contributed by atoms with Crippen LogP contribution >= 0.6 is 0 Å². The maximum Gasteiger partial charge on any atom is 0.361 e. The lowest BCUT2D eigenvalue weighted by Gasteiger charge is -2.25. The highest BCUT2D eigenvalue weighted by atomic mass is 16.5. The van der Waals surface area contributed by atoms with E-state index in [1.54, 1.807) is 21.0 Å². The predicted molar refractivity (Wildman–Crippen MR) is 132 cm³/mol. The van der Waals surface area contributed by atoms with Gasteiger partial charge in [0.25, 0.3) is 5.91 Å². The summed E-state index contributed by atoms with van der Waals surface area (Å²) in [5, 5.41) is 9.13. The molecule has 0 fully saturated rings. The smallest absolute Gasteiger partial charge is 0.361 e. The van der Waals surface area contributed by atoms with E-state index < -0.39 is 23.9 Å². The first-order valence-electron chi connectivity index (χ1n) is 11.7. The van der Waals surface area contributed by atoms with Gasteiger partial charge in [-0.05, 0) is 43.2 Å². The summed E-state index contributed by atoms with van der Waals surface area (Å²) >= 11 is 0. The number of carbonyl (C=O) groups excluding carboxylic acids is 3. The number of amides is 1. The number of rotatable bonds is 9. The number of benzene rings is 2. The van der Waals surface area contributed by atoms with Gasteiger partial charge in [0.15, 0.2) is 5.69 Å². The Morgan fingerprint density at radius 3 is 2.27 bits per heavy atom. The van der Waals surface area contributed by atoms with Crippen molar-refractivity contribution in [1.29, 1.82) is 0 Å². The third-order valence-electron chi connectivity index (χ3n) is 5.61. The van der Waals surface area contributed by atoms with Gasteiger partial charge in [0.2, 0.25) is 5.69 Å². The Bertz CT molecular complexity index is 1300. The Hall–Kier alpha value is -4.67. The maximum atomic E-state index is 13.6. The van der Waals surface area contributed by atoms with Crippen molar-refractivity contribution in [2.75, 3.05) is 20.3 Å². The third-order valence-corrected chi connectivity index (χ3v) is 5.61. The van der Waals surface area contributed by atoms with E-state index in [1.807, 2.05) is 60.7 Å². The van der Waals surface area contributed by atoms with Crippen molar-refractivity contribution < 1.29 is 28.6 Å².